The van der Waals surface area contributed by atoms with Crippen LogP contribution in [0.4, 0.5) is 5.69 Å². The number of para-hydroxylation sites is 1. The fraction of sp³-hybridized carbons (Fsp3) is 0.231. The highest BCUT2D eigenvalue weighted by Gasteiger charge is 2.51. The van der Waals surface area contributed by atoms with Crippen LogP contribution in [-0.2, 0) is 26.4 Å². The van der Waals surface area contributed by atoms with Gasteiger partial charge in [0.05, 0.1) is 5.56 Å². The molecule has 0 spiro atoms. The summed E-state index contributed by atoms with van der Waals surface area (Å²) in [6.07, 6.45) is 2.10. The molecule has 234 valence electrons. The maximum Gasteiger partial charge on any atom is 0.340 e. The minimum atomic E-state index is -1.30. The van der Waals surface area contributed by atoms with E-state index in [1.165, 1.54) is 0 Å². The average molecular weight is 615 g/mol. The van der Waals surface area contributed by atoms with Crippen LogP contribution < -0.4 is 9.64 Å². The Hall–Kier alpha value is -5.30. The van der Waals surface area contributed by atoms with Crippen molar-refractivity contribution in [2.45, 2.75) is 32.9 Å². The van der Waals surface area contributed by atoms with Gasteiger partial charge in [0.1, 0.15) is 19.0 Å². The van der Waals surface area contributed by atoms with Crippen LogP contribution in [-0.4, -0.2) is 42.8 Å². The lowest BCUT2D eigenvalue weighted by Crippen LogP contribution is -2.31. The van der Waals surface area contributed by atoms with Crippen LogP contribution in [0.3, 0.4) is 0 Å². The predicted molar refractivity (Wildman–Crippen MR) is 180 cm³/mol. The number of carbonyl (C=O) groups excluding carboxylic acids is 2. The monoisotopic (exact) mass is 614 g/mol. The lowest BCUT2D eigenvalue weighted by atomic mass is 9.79. The first kappa shape index (κ1) is 30.7. The second-order valence-electron chi connectivity index (χ2n) is 11.4. The molecule has 0 aliphatic carbocycles. The molecule has 2 heterocycles. The number of ether oxygens (including phenoxy) is 3. The van der Waals surface area contributed by atoms with Gasteiger partial charge in [0, 0.05) is 70.8 Å². The molecule has 6 rings (SSSR count). The molecule has 0 N–H and O–H groups in total. The first-order chi connectivity index (χ1) is 22.4. The molecule has 1 aliphatic rings. The minimum absolute atomic E-state index is 0.0421. The first-order valence-electron chi connectivity index (χ1n) is 15.7. The number of nitrogens with zero attached hydrogens (tertiary/aromatic N) is 2. The summed E-state index contributed by atoms with van der Waals surface area (Å²) in [7, 11) is 0. The van der Waals surface area contributed by atoms with E-state index < -0.39 is 17.5 Å². The van der Waals surface area contributed by atoms with Gasteiger partial charge >= 0.3 is 11.9 Å². The standard InChI is InChI=1S/C39H38N2O5/c1-5-40(6-2)29-20-21-33(36(24-29)44-22-23-45-37(42)27(3)4)39(32-18-12-10-17-31(32)38(43)46-39)34-26-41(25-28-14-8-7-9-15-28)35-19-13-11-16-30(34)35/h7-21,24,26H,3,5-6,22-23,25H2,1-2,4H3. The van der Waals surface area contributed by atoms with Crippen molar-refractivity contribution in [2.24, 2.45) is 0 Å². The summed E-state index contributed by atoms with van der Waals surface area (Å²) in [5.41, 5.74) is 4.96. The van der Waals surface area contributed by atoms with E-state index in [0.29, 0.717) is 29.0 Å². The van der Waals surface area contributed by atoms with E-state index in [1.807, 2.05) is 66.7 Å². The van der Waals surface area contributed by atoms with Crippen molar-refractivity contribution in [1.29, 1.82) is 0 Å². The highest BCUT2D eigenvalue weighted by atomic mass is 16.6. The molecule has 1 atom stereocenters. The number of aromatic nitrogens is 1. The fourth-order valence-corrected chi connectivity index (χ4v) is 6.32. The van der Waals surface area contributed by atoms with Gasteiger partial charge in [0.15, 0.2) is 5.60 Å². The third-order valence-corrected chi connectivity index (χ3v) is 8.53. The van der Waals surface area contributed by atoms with Crippen LogP contribution in [0.1, 0.15) is 53.4 Å². The van der Waals surface area contributed by atoms with Crippen molar-refractivity contribution in [1.82, 2.24) is 4.57 Å². The largest absolute Gasteiger partial charge is 0.489 e. The van der Waals surface area contributed by atoms with Crippen molar-refractivity contribution in [2.75, 3.05) is 31.2 Å². The van der Waals surface area contributed by atoms with Gasteiger partial charge in [-0.15, -0.1) is 0 Å². The van der Waals surface area contributed by atoms with Gasteiger partial charge in [-0.2, -0.15) is 0 Å². The molecule has 0 amide bonds. The topological polar surface area (TPSA) is 70.0 Å². The Morgan fingerprint density at radius 1 is 0.870 bits per heavy atom. The van der Waals surface area contributed by atoms with E-state index in [2.05, 4.69) is 66.4 Å². The number of benzene rings is 4. The molecule has 7 nitrogen and oxygen atoms in total. The van der Waals surface area contributed by atoms with Gasteiger partial charge in [-0.25, -0.2) is 9.59 Å². The SMILES string of the molecule is C=C(C)C(=O)OCCOc1cc(N(CC)CC)ccc1C1(c2cn(Cc3ccccc3)c3ccccc23)OC(=O)c2ccccc21. The van der Waals surface area contributed by atoms with E-state index in [-0.39, 0.29) is 13.2 Å². The van der Waals surface area contributed by atoms with Crippen LogP contribution in [0.2, 0.25) is 0 Å². The summed E-state index contributed by atoms with van der Waals surface area (Å²) in [6.45, 7) is 11.9. The Morgan fingerprint density at radius 3 is 2.35 bits per heavy atom. The van der Waals surface area contributed by atoms with E-state index >= 15 is 0 Å². The molecule has 1 aromatic heterocycles. The Morgan fingerprint density at radius 2 is 1.59 bits per heavy atom. The van der Waals surface area contributed by atoms with Crippen LogP contribution in [0.15, 0.2) is 115 Å². The molecule has 0 saturated carbocycles. The number of hydrogen-bond acceptors (Lipinski definition) is 6. The smallest absolute Gasteiger partial charge is 0.340 e. The first-order valence-corrected chi connectivity index (χ1v) is 15.7. The van der Waals surface area contributed by atoms with Crippen molar-refractivity contribution in [3.05, 3.63) is 143 Å². The number of carbonyl (C=O) groups is 2. The second kappa shape index (κ2) is 13.0. The zero-order valence-corrected chi connectivity index (χ0v) is 26.5. The van der Waals surface area contributed by atoms with Crippen LogP contribution in [0, 0.1) is 0 Å². The fourth-order valence-electron chi connectivity index (χ4n) is 6.32. The highest BCUT2D eigenvalue weighted by Crippen LogP contribution is 2.52. The summed E-state index contributed by atoms with van der Waals surface area (Å²) in [5.74, 6) is -0.327. The minimum Gasteiger partial charge on any atom is -0.489 e. The number of hydrogen-bond donors (Lipinski definition) is 0. The molecule has 7 heteroatoms. The number of cyclic esters (lactones) is 1. The highest BCUT2D eigenvalue weighted by molar-refractivity contribution is 5.98. The van der Waals surface area contributed by atoms with E-state index in [1.54, 1.807) is 6.92 Å². The van der Waals surface area contributed by atoms with E-state index in [9.17, 15) is 9.59 Å². The van der Waals surface area contributed by atoms with Crippen molar-refractivity contribution in [3.63, 3.8) is 0 Å². The number of esters is 2. The molecule has 0 bridgehead atoms. The Bertz CT molecular complexity index is 1910. The Kier molecular flexibility index (Phi) is 8.66. The molecular weight excluding hydrogens is 576 g/mol. The summed E-state index contributed by atoms with van der Waals surface area (Å²) in [5, 5.41) is 0.970. The van der Waals surface area contributed by atoms with Gasteiger partial charge in [0.25, 0.3) is 0 Å². The summed E-state index contributed by atoms with van der Waals surface area (Å²) < 4.78 is 20.6. The van der Waals surface area contributed by atoms with Crippen molar-refractivity contribution < 1.29 is 23.8 Å². The third-order valence-electron chi connectivity index (χ3n) is 8.53. The van der Waals surface area contributed by atoms with Gasteiger partial charge in [0.2, 0.25) is 0 Å². The Labute approximate surface area is 269 Å². The summed E-state index contributed by atoms with van der Waals surface area (Å²) in [6, 6.07) is 32.1. The van der Waals surface area contributed by atoms with Crippen LogP contribution in [0.25, 0.3) is 10.9 Å². The molecule has 0 saturated heterocycles. The summed E-state index contributed by atoms with van der Waals surface area (Å²) >= 11 is 0. The summed E-state index contributed by atoms with van der Waals surface area (Å²) in [4.78, 5) is 28.0. The van der Waals surface area contributed by atoms with Crippen LogP contribution in [0.5, 0.6) is 5.75 Å². The maximum atomic E-state index is 13.7. The predicted octanol–water partition coefficient (Wildman–Crippen LogP) is 7.50. The van der Waals surface area contributed by atoms with Gasteiger partial charge < -0.3 is 23.7 Å². The lowest BCUT2D eigenvalue weighted by Gasteiger charge is -2.32. The van der Waals surface area contributed by atoms with Crippen molar-refractivity contribution >= 4 is 28.5 Å². The normalized spacial score (nSPS) is 15.3. The molecule has 1 aliphatic heterocycles. The van der Waals surface area contributed by atoms with Gasteiger partial charge in [-0.1, -0.05) is 73.3 Å². The van der Waals surface area contributed by atoms with Crippen molar-refractivity contribution in [3.8, 4) is 5.75 Å². The number of rotatable bonds is 12. The maximum absolute atomic E-state index is 13.7. The second-order valence-corrected chi connectivity index (χ2v) is 11.4. The molecule has 5 aromatic rings. The Balaban J connectivity index is 1.56. The lowest BCUT2D eigenvalue weighted by molar-refractivity contribution is -0.139. The average Bonchev–Trinajstić information content (AvgIpc) is 3.59. The van der Waals surface area contributed by atoms with E-state index in [0.717, 1.165) is 46.4 Å². The third kappa shape index (κ3) is 5.53. The quantitative estimate of drug-likeness (QED) is 0.0824. The molecule has 1 unspecified atom stereocenters. The van der Waals surface area contributed by atoms with E-state index in [4.69, 9.17) is 14.2 Å². The van der Waals surface area contributed by atoms with Gasteiger partial charge in [-0.05, 0) is 50.6 Å². The number of anilines is 1. The molecule has 0 radical (unpaired) electrons. The molecular formula is C39H38N2O5. The van der Waals surface area contributed by atoms with Gasteiger partial charge in [-0.3, -0.25) is 0 Å². The zero-order valence-electron chi connectivity index (χ0n) is 26.5. The zero-order chi connectivity index (χ0) is 32.3. The molecule has 4 aromatic carbocycles. The number of fused-ring (bicyclic) bond motifs is 2. The molecule has 46 heavy (non-hydrogen) atoms. The van der Waals surface area contributed by atoms with Crippen LogP contribution >= 0.6 is 0 Å². The molecule has 0 fully saturated rings.